The maximum absolute atomic E-state index is 13.2. The highest BCUT2D eigenvalue weighted by Crippen LogP contribution is 2.22. The molecule has 24 heavy (non-hydrogen) atoms. The van der Waals surface area contributed by atoms with Gasteiger partial charge in [0.2, 0.25) is 0 Å². The highest BCUT2D eigenvalue weighted by molar-refractivity contribution is 5.79. The summed E-state index contributed by atoms with van der Waals surface area (Å²) in [5.41, 5.74) is 1.04. The maximum Gasteiger partial charge on any atom is 0.191 e. The van der Waals surface area contributed by atoms with Gasteiger partial charge in [-0.05, 0) is 24.6 Å². The summed E-state index contributed by atoms with van der Waals surface area (Å²) in [5.74, 6) is 0.438. The summed E-state index contributed by atoms with van der Waals surface area (Å²) < 4.78 is 18.7. The summed E-state index contributed by atoms with van der Waals surface area (Å²) in [6.07, 6.45) is 0. The molecule has 134 valence electrons. The predicted molar refractivity (Wildman–Crippen MR) is 92.6 cm³/mol. The van der Waals surface area contributed by atoms with Gasteiger partial charge in [-0.2, -0.15) is 0 Å². The zero-order valence-electron chi connectivity index (χ0n) is 14.2. The van der Waals surface area contributed by atoms with Gasteiger partial charge in [-0.3, -0.25) is 9.89 Å². The number of hydrogen-bond acceptors (Lipinski definition) is 4. The number of nitrogens with one attached hydrogen (secondary N) is 2. The Hall–Kier alpha value is -1.70. The molecule has 0 aromatic heterocycles. The van der Waals surface area contributed by atoms with E-state index in [4.69, 9.17) is 9.84 Å². The first-order valence-corrected chi connectivity index (χ1v) is 8.45. The van der Waals surface area contributed by atoms with Crippen LogP contribution in [0.15, 0.2) is 29.3 Å². The number of ether oxygens (including phenoxy) is 1. The van der Waals surface area contributed by atoms with Crippen LogP contribution in [0.1, 0.15) is 18.5 Å². The third kappa shape index (κ3) is 5.74. The summed E-state index contributed by atoms with van der Waals surface area (Å²) in [5, 5.41) is 15.2. The van der Waals surface area contributed by atoms with Gasteiger partial charge in [0.15, 0.2) is 5.96 Å². The van der Waals surface area contributed by atoms with E-state index in [1.165, 1.54) is 12.1 Å². The maximum atomic E-state index is 13.2. The minimum Gasteiger partial charge on any atom is -0.395 e. The molecule has 1 aliphatic rings. The van der Waals surface area contributed by atoms with Gasteiger partial charge in [0.1, 0.15) is 5.82 Å². The molecule has 1 saturated heterocycles. The van der Waals surface area contributed by atoms with Crippen LogP contribution in [0.4, 0.5) is 4.39 Å². The first-order chi connectivity index (χ1) is 11.7. The Kier molecular flexibility index (Phi) is 7.94. The van der Waals surface area contributed by atoms with E-state index in [1.807, 2.05) is 19.1 Å². The standard InChI is InChI=1S/C17H27FN4O2/c1-2-19-17(20-7-10-23)21-13-16(22-8-11-24-12-9-22)14-3-5-15(18)6-4-14/h3-6,16,23H,2,7-13H2,1H3,(H2,19,20,21). The monoisotopic (exact) mass is 338 g/mol. The number of aliphatic hydroxyl groups is 1. The summed E-state index contributed by atoms with van der Waals surface area (Å²) >= 11 is 0. The zero-order chi connectivity index (χ0) is 17.2. The molecule has 0 bridgehead atoms. The van der Waals surface area contributed by atoms with Crippen molar-refractivity contribution in [1.29, 1.82) is 0 Å². The number of halogens is 1. The summed E-state index contributed by atoms with van der Waals surface area (Å²) in [7, 11) is 0. The number of hydrogen-bond donors (Lipinski definition) is 3. The molecule has 0 saturated carbocycles. The minimum absolute atomic E-state index is 0.0509. The van der Waals surface area contributed by atoms with Crippen LogP contribution in [0.2, 0.25) is 0 Å². The van der Waals surface area contributed by atoms with Crippen molar-refractivity contribution < 1.29 is 14.2 Å². The second-order valence-corrected chi connectivity index (χ2v) is 5.59. The lowest BCUT2D eigenvalue weighted by Crippen LogP contribution is -2.42. The molecule has 2 rings (SSSR count). The predicted octanol–water partition coefficient (Wildman–Crippen LogP) is 0.746. The number of aliphatic imine (C=N–C) groups is 1. The fraction of sp³-hybridized carbons (Fsp3) is 0.588. The van der Waals surface area contributed by atoms with E-state index in [-0.39, 0.29) is 18.5 Å². The van der Waals surface area contributed by atoms with E-state index in [2.05, 4.69) is 20.5 Å². The van der Waals surface area contributed by atoms with Gasteiger partial charge in [-0.25, -0.2) is 4.39 Å². The molecular formula is C17H27FN4O2. The van der Waals surface area contributed by atoms with Crippen molar-refractivity contribution in [2.45, 2.75) is 13.0 Å². The molecule has 0 spiro atoms. The lowest BCUT2D eigenvalue weighted by molar-refractivity contribution is 0.0179. The molecule has 1 aliphatic heterocycles. The molecule has 0 amide bonds. The van der Waals surface area contributed by atoms with Gasteiger partial charge in [0.05, 0.1) is 32.4 Å². The van der Waals surface area contributed by atoms with Crippen molar-refractivity contribution in [3.05, 3.63) is 35.6 Å². The number of rotatable bonds is 7. The van der Waals surface area contributed by atoms with Crippen LogP contribution < -0.4 is 10.6 Å². The van der Waals surface area contributed by atoms with Gasteiger partial charge in [-0.15, -0.1) is 0 Å². The normalized spacial score (nSPS) is 17.5. The Morgan fingerprint density at radius 2 is 2.00 bits per heavy atom. The average molecular weight is 338 g/mol. The largest absolute Gasteiger partial charge is 0.395 e. The number of benzene rings is 1. The smallest absolute Gasteiger partial charge is 0.191 e. The number of morpholine rings is 1. The van der Waals surface area contributed by atoms with Crippen molar-refractivity contribution in [3.8, 4) is 0 Å². The molecule has 1 aromatic rings. The second kappa shape index (κ2) is 10.2. The van der Waals surface area contributed by atoms with Crippen LogP contribution in [0, 0.1) is 5.82 Å². The Bertz CT molecular complexity index is 504. The lowest BCUT2D eigenvalue weighted by Gasteiger charge is -2.34. The van der Waals surface area contributed by atoms with Crippen molar-refractivity contribution in [1.82, 2.24) is 15.5 Å². The van der Waals surface area contributed by atoms with E-state index < -0.39 is 0 Å². The third-order valence-electron chi connectivity index (χ3n) is 3.91. The Labute approximate surface area is 142 Å². The topological polar surface area (TPSA) is 69.1 Å². The highest BCUT2D eigenvalue weighted by Gasteiger charge is 2.22. The Balaban J connectivity index is 2.13. The van der Waals surface area contributed by atoms with E-state index in [1.54, 1.807) is 0 Å². The van der Waals surface area contributed by atoms with Crippen LogP contribution in [0.25, 0.3) is 0 Å². The SMILES string of the molecule is CCNC(=NCC(c1ccc(F)cc1)N1CCOCC1)NCCO. The van der Waals surface area contributed by atoms with E-state index >= 15 is 0 Å². The van der Waals surface area contributed by atoms with Crippen molar-refractivity contribution in [2.75, 3.05) is 52.5 Å². The fourth-order valence-corrected chi connectivity index (χ4v) is 2.70. The van der Waals surface area contributed by atoms with Crippen LogP contribution in [0.5, 0.6) is 0 Å². The van der Waals surface area contributed by atoms with Crippen LogP contribution in [-0.2, 0) is 4.74 Å². The zero-order valence-corrected chi connectivity index (χ0v) is 14.2. The molecule has 0 radical (unpaired) electrons. The van der Waals surface area contributed by atoms with E-state index in [0.29, 0.717) is 32.3 Å². The quantitative estimate of drug-likeness (QED) is 0.506. The van der Waals surface area contributed by atoms with Gasteiger partial charge >= 0.3 is 0 Å². The summed E-state index contributed by atoms with van der Waals surface area (Å²) in [6.45, 7) is 6.85. The van der Waals surface area contributed by atoms with Crippen molar-refractivity contribution >= 4 is 5.96 Å². The molecule has 7 heteroatoms. The lowest BCUT2D eigenvalue weighted by atomic mass is 10.0. The molecule has 1 fully saturated rings. The Morgan fingerprint density at radius 3 is 2.62 bits per heavy atom. The highest BCUT2D eigenvalue weighted by atomic mass is 19.1. The minimum atomic E-state index is -0.235. The second-order valence-electron chi connectivity index (χ2n) is 5.59. The molecular weight excluding hydrogens is 311 g/mol. The molecule has 1 unspecified atom stereocenters. The molecule has 1 heterocycles. The molecule has 0 aliphatic carbocycles. The first-order valence-electron chi connectivity index (χ1n) is 8.45. The number of nitrogens with zero attached hydrogens (tertiary/aromatic N) is 2. The van der Waals surface area contributed by atoms with Crippen LogP contribution >= 0.6 is 0 Å². The van der Waals surface area contributed by atoms with Crippen molar-refractivity contribution in [3.63, 3.8) is 0 Å². The average Bonchev–Trinajstić information content (AvgIpc) is 2.62. The van der Waals surface area contributed by atoms with Gasteiger partial charge in [-0.1, -0.05) is 12.1 Å². The van der Waals surface area contributed by atoms with Crippen LogP contribution in [0.3, 0.4) is 0 Å². The molecule has 1 aromatic carbocycles. The summed E-state index contributed by atoms with van der Waals surface area (Å²) in [4.78, 5) is 6.95. The van der Waals surface area contributed by atoms with E-state index in [9.17, 15) is 4.39 Å². The molecule has 6 nitrogen and oxygen atoms in total. The fourth-order valence-electron chi connectivity index (χ4n) is 2.70. The first kappa shape index (κ1) is 18.6. The van der Waals surface area contributed by atoms with Gasteiger partial charge in [0, 0.05) is 26.2 Å². The van der Waals surface area contributed by atoms with Crippen LogP contribution in [-0.4, -0.2) is 68.5 Å². The third-order valence-corrected chi connectivity index (χ3v) is 3.91. The molecule has 3 N–H and O–H groups in total. The summed E-state index contributed by atoms with van der Waals surface area (Å²) in [6, 6.07) is 6.68. The van der Waals surface area contributed by atoms with Gasteiger partial charge in [0.25, 0.3) is 0 Å². The Morgan fingerprint density at radius 1 is 1.29 bits per heavy atom. The van der Waals surface area contributed by atoms with E-state index in [0.717, 1.165) is 25.2 Å². The number of guanidine groups is 1. The van der Waals surface area contributed by atoms with Crippen molar-refractivity contribution in [2.24, 2.45) is 4.99 Å². The number of aliphatic hydroxyl groups excluding tert-OH is 1. The molecule has 1 atom stereocenters. The van der Waals surface area contributed by atoms with Gasteiger partial charge < -0.3 is 20.5 Å².